The lowest BCUT2D eigenvalue weighted by Crippen LogP contribution is -2.04. The minimum absolute atomic E-state index is 0.0548. The lowest BCUT2D eigenvalue weighted by atomic mass is 10.0. The summed E-state index contributed by atoms with van der Waals surface area (Å²) in [5.41, 5.74) is 1.44. The highest BCUT2D eigenvalue weighted by Gasteiger charge is 2.16. The molecule has 2 aromatic rings. The molecule has 2 N–H and O–H groups in total. The molecule has 0 heterocycles. The SMILES string of the molecule is CCCc1c(OCc2ccccc2S(=O)O)ccc(C(C)=O)c1O. The Hall–Kier alpha value is -2.18. The Morgan fingerprint density at radius 2 is 1.92 bits per heavy atom. The number of carbonyl (C=O) groups excluding carboxylic acids is 1. The van der Waals surface area contributed by atoms with Crippen LogP contribution in [0.3, 0.4) is 0 Å². The number of phenols is 1. The maximum absolute atomic E-state index is 11.6. The van der Waals surface area contributed by atoms with Gasteiger partial charge in [0.2, 0.25) is 0 Å². The Bertz CT molecular complexity index is 770. The molecule has 0 aromatic heterocycles. The van der Waals surface area contributed by atoms with Crippen molar-refractivity contribution < 1.29 is 23.4 Å². The van der Waals surface area contributed by atoms with E-state index in [0.29, 0.717) is 28.2 Å². The van der Waals surface area contributed by atoms with Crippen LogP contribution < -0.4 is 4.74 Å². The zero-order chi connectivity index (χ0) is 17.7. The summed E-state index contributed by atoms with van der Waals surface area (Å²) in [4.78, 5) is 11.9. The fourth-order valence-corrected chi connectivity index (χ4v) is 3.02. The molecule has 0 aliphatic carbocycles. The standard InChI is InChI=1S/C18H20O5S/c1-3-6-15-16(10-9-14(12(2)19)18(15)20)23-11-13-7-4-5-8-17(13)24(21)22/h4-5,7-10,20H,3,6,11H2,1-2H3,(H,21,22). The maximum Gasteiger partial charge on any atom is 0.186 e. The summed E-state index contributed by atoms with van der Waals surface area (Å²) in [6.45, 7) is 3.46. The van der Waals surface area contributed by atoms with Crippen molar-refractivity contribution in [3.63, 3.8) is 0 Å². The molecule has 0 spiro atoms. The molecule has 0 radical (unpaired) electrons. The zero-order valence-electron chi connectivity index (χ0n) is 13.6. The molecule has 2 aromatic carbocycles. The molecule has 2 rings (SSSR count). The lowest BCUT2D eigenvalue weighted by Gasteiger charge is -2.15. The molecule has 0 aliphatic rings. The van der Waals surface area contributed by atoms with Crippen molar-refractivity contribution in [3.8, 4) is 11.5 Å². The van der Waals surface area contributed by atoms with Gasteiger partial charge in [-0.3, -0.25) is 4.79 Å². The molecule has 1 atom stereocenters. The summed E-state index contributed by atoms with van der Waals surface area (Å²) in [5.74, 6) is 0.205. The van der Waals surface area contributed by atoms with Gasteiger partial charge in [-0.25, -0.2) is 4.21 Å². The van der Waals surface area contributed by atoms with E-state index in [1.165, 1.54) is 13.0 Å². The van der Waals surface area contributed by atoms with E-state index in [2.05, 4.69) is 0 Å². The van der Waals surface area contributed by atoms with Gasteiger partial charge < -0.3 is 14.4 Å². The van der Waals surface area contributed by atoms with Gasteiger partial charge in [-0.15, -0.1) is 0 Å². The summed E-state index contributed by atoms with van der Waals surface area (Å²) in [6.07, 6.45) is 1.35. The second-order valence-corrected chi connectivity index (χ2v) is 6.33. The molecule has 0 saturated carbocycles. The molecule has 5 nitrogen and oxygen atoms in total. The fraction of sp³-hybridized carbons (Fsp3) is 0.278. The first-order valence-corrected chi connectivity index (χ1v) is 8.73. The number of Topliss-reactive ketones (excluding diaryl/α,β-unsaturated/α-hetero) is 1. The van der Waals surface area contributed by atoms with Crippen molar-refractivity contribution in [2.75, 3.05) is 0 Å². The second kappa shape index (κ2) is 8.08. The maximum atomic E-state index is 11.6. The summed E-state index contributed by atoms with van der Waals surface area (Å²) in [7, 11) is 0. The average molecular weight is 348 g/mol. The average Bonchev–Trinajstić information content (AvgIpc) is 2.55. The molecule has 0 aliphatic heterocycles. The summed E-state index contributed by atoms with van der Waals surface area (Å²) in [6, 6.07) is 9.91. The topological polar surface area (TPSA) is 83.8 Å². The highest BCUT2D eigenvalue weighted by molar-refractivity contribution is 7.79. The quantitative estimate of drug-likeness (QED) is 0.589. The van der Waals surface area contributed by atoms with Crippen LogP contribution in [0.1, 0.15) is 41.8 Å². The normalized spacial score (nSPS) is 12.0. The Kier molecular flexibility index (Phi) is 6.11. The van der Waals surface area contributed by atoms with Gasteiger partial charge in [0.25, 0.3) is 0 Å². The number of ketones is 1. The van der Waals surface area contributed by atoms with E-state index in [1.54, 1.807) is 30.3 Å². The van der Waals surface area contributed by atoms with E-state index in [0.717, 1.165) is 6.42 Å². The van der Waals surface area contributed by atoms with E-state index in [4.69, 9.17) is 4.74 Å². The molecular formula is C18H20O5S. The van der Waals surface area contributed by atoms with E-state index in [-0.39, 0.29) is 23.7 Å². The minimum atomic E-state index is -2.10. The van der Waals surface area contributed by atoms with E-state index < -0.39 is 11.1 Å². The number of phenolic OH excluding ortho intramolecular Hbond substituents is 1. The van der Waals surface area contributed by atoms with Crippen LogP contribution in [0.4, 0.5) is 0 Å². The third-order valence-corrected chi connectivity index (χ3v) is 4.44. The van der Waals surface area contributed by atoms with Crippen molar-refractivity contribution in [1.82, 2.24) is 0 Å². The first-order valence-electron chi connectivity index (χ1n) is 7.63. The number of ether oxygens (including phenoxy) is 1. The Balaban J connectivity index is 2.32. The van der Waals surface area contributed by atoms with Crippen molar-refractivity contribution in [2.24, 2.45) is 0 Å². The highest BCUT2D eigenvalue weighted by Crippen LogP contribution is 2.33. The highest BCUT2D eigenvalue weighted by atomic mass is 32.2. The van der Waals surface area contributed by atoms with Gasteiger partial charge in [-0.05, 0) is 31.5 Å². The van der Waals surface area contributed by atoms with Crippen molar-refractivity contribution in [2.45, 2.75) is 38.2 Å². The van der Waals surface area contributed by atoms with Crippen LogP contribution in [0.2, 0.25) is 0 Å². The summed E-state index contributed by atoms with van der Waals surface area (Å²) in [5, 5.41) is 10.3. The largest absolute Gasteiger partial charge is 0.507 e. The number of hydrogen-bond acceptors (Lipinski definition) is 4. The van der Waals surface area contributed by atoms with Crippen LogP contribution in [-0.4, -0.2) is 19.7 Å². The van der Waals surface area contributed by atoms with Crippen LogP contribution in [0.15, 0.2) is 41.3 Å². The Labute approximate surface area is 143 Å². The summed E-state index contributed by atoms with van der Waals surface area (Å²) < 4.78 is 26.4. The molecular weight excluding hydrogens is 328 g/mol. The molecule has 1 unspecified atom stereocenters. The van der Waals surface area contributed by atoms with Gasteiger partial charge in [0.1, 0.15) is 18.1 Å². The first-order chi connectivity index (χ1) is 11.5. The zero-order valence-corrected chi connectivity index (χ0v) is 14.4. The lowest BCUT2D eigenvalue weighted by molar-refractivity contribution is 0.101. The van der Waals surface area contributed by atoms with E-state index in [1.807, 2.05) is 6.92 Å². The fourth-order valence-electron chi connectivity index (χ4n) is 2.48. The molecule has 24 heavy (non-hydrogen) atoms. The predicted octanol–water partition coefficient (Wildman–Crippen LogP) is 3.71. The number of carbonyl (C=O) groups is 1. The van der Waals surface area contributed by atoms with Crippen LogP contribution >= 0.6 is 0 Å². The third kappa shape index (κ3) is 4.01. The minimum Gasteiger partial charge on any atom is -0.507 e. The Morgan fingerprint density at radius 3 is 2.54 bits per heavy atom. The first kappa shape index (κ1) is 18.2. The number of hydrogen-bond donors (Lipinski definition) is 2. The number of aromatic hydroxyl groups is 1. The molecule has 0 bridgehead atoms. The molecule has 0 amide bonds. The van der Waals surface area contributed by atoms with Gasteiger partial charge in [-0.2, -0.15) is 0 Å². The van der Waals surface area contributed by atoms with Gasteiger partial charge in [-0.1, -0.05) is 31.5 Å². The predicted molar refractivity (Wildman–Crippen MR) is 91.9 cm³/mol. The van der Waals surface area contributed by atoms with Crippen LogP contribution in [0.5, 0.6) is 11.5 Å². The van der Waals surface area contributed by atoms with Crippen molar-refractivity contribution in [1.29, 1.82) is 0 Å². The third-order valence-electron chi connectivity index (χ3n) is 3.66. The van der Waals surface area contributed by atoms with Gasteiger partial charge >= 0.3 is 0 Å². The van der Waals surface area contributed by atoms with Crippen LogP contribution in [0, 0.1) is 0 Å². The summed E-state index contributed by atoms with van der Waals surface area (Å²) >= 11 is -2.10. The van der Waals surface area contributed by atoms with Gasteiger partial charge in [0.15, 0.2) is 16.9 Å². The van der Waals surface area contributed by atoms with Crippen LogP contribution in [-0.2, 0) is 24.1 Å². The Morgan fingerprint density at radius 1 is 1.21 bits per heavy atom. The van der Waals surface area contributed by atoms with Crippen LogP contribution in [0.25, 0.3) is 0 Å². The molecule has 6 heteroatoms. The smallest absolute Gasteiger partial charge is 0.186 e. The van der Waals surface area contributed by atoms with Crippen molar-refractivity contribution >= 4 is 16.9 Å². The molecule has 0 fully saturated rings. The number of benzene rings is 2. The molecule has 0 saturated heterocycles. The van der Waals surface area contributed by atoms with Crippen molar-refractivity contribution in [3.05, 3.63) is 53.1 Å². The number of rotatable bonds is 7. The van der Waals surface area contributed by atoms with E-state index in [9.17, 15) is 18.7 Å². The monoisotopic (exact) mass is 348 g/mol. The van der Waals surface area contributed by atoms with E-state index >= 15 is 0 Å². The van der Waals surface area contributed by atoms with Gasteiger partial charge in [0, 0.05) is 11.1 Å². The van der Waals surface area contributed by atoms with Gasteiger partial charge in [0.05, 0.1) is 10.5 Å². The molecule has 128 valence electrons. The second-order valence-electron chi connectivity index (χ2n) is 5.39.